The summed E-state index contributed by atoms with van der Waals surface area (Å²) in [4.78, 5) is 24.7. The number of nitrogens with two attached hydrogens (primary N) is 1. The predicted octanol–water partition coefficient (Wildman–Crippen LogP) is 4.12. The van der Waals surface area contributed by atoms with Gasteiger partial charge in [-0.15, -0.1) is 0 Å². The highest BCUT2D eigenvalue weighted by atomic mass is 32.2. The fourth-order valence-electron chi connectivity index (χ4n) is 3.97. The number of benzene rings is 2. The number of amides is 2. The normalized spacial score (nSPS) is 13.4. The van der Waals surface area contributed by atoms with Crippen LogP contribution < -0.4 is 15.8 Å². The molecule has 0 aliphatic heterocycles. The van der Waals surface area contributed by atoms with Crippen LogP contribution in [0.25, 0.3) is 0 Å². The number of Topliss-reactive ketones (excluding diaryl/α,β-unsaturated/α-hetero) is 1. The first-order chi connectivity index (χ1) is 14.0. The molecule has 150 valence electrons. The van der Waals surface area contributed by atoms with Gasteiger partial charge in [-0.1, -0.05) is 18.2 Å². The third kappa shape index (κ3) is 4.90. The number of nitrogens with one attached hydrogen (secondary N) is 2. The first-order valence-corrected chi connectivity index (χ1v) is 10.5. The zero-order valence-corrected chi connectivity index (χ0v) is 17.2. The second-order valence-electron chi connectivity index (χ2n) is 7.10. The van der Waals surface area contributed by atoms with Crippen molar-refractivity contribution in [2.75, 3.05) is 5.32 Å². The van der Waals surface area contributed by atoms with E-state index in [0.717, 1.165) is 36.3 Å². The first kappa shape index (κ1) is 20.7. The van der Waals surface area contributed by atoms with Gasteiger partial charge in [0.05, 0.1) is 0 Å². The van der Waals surface area contributed by atoms with Gasteiger partial charge in [0.15, 0.2) is 12.0 Å². The third-order valence-electron chi connectivity index (χ3n) is 5.23. The fraction of sp³-hybridized carbons (Fsp3) is 0.318. The third-order valence-corrected chi connectivity index (χ3v) is 6.03. The molecule has 2 aromatic carbocycles. The van der Waals surface area contributed by atoms with Crippen LogP contribution in [0.4, 0.5) is 10.5 Å². The van der Waals surface area contributed by atoms with E-state index in [9.17, 15) is 9.59 Å². The van der Waals surface area contributed by atoms with E-state index in [4.69, 9.17) is 5.26 Å². The number of nitrogens with zero attached hydrogens (tertiary/aromatic N) is 1. The highest BCUT2D eigenvalue weighted by Crippen LogP contribution is 2.38. The number of carbonyl (C=O) groups excluding carboxylic acids is 2. The molecule has 2 aromatic rings. The van der Waals surface area contributed by atoms with Crippen molar-refractivity contribution >= 4 is 29.4 Å². The Hall–Kier alpha value is -2.98. The van der Waals surface area contributed by atoms with Gasteiger partial charge in [-0.05, 0) is 91.8 Å². The van der Waals surface area contributed by atoms with E-state index in [1.807, 2.05) is 12.1 Å². The van der Waals surface area contributed by atoms with Crippen LogP contribution in [0.3, 0.4) is 0 Å². The maximum absolute atomic E-state index is 12.5. The van der Waals surface area contributed by atoms with Crippen molar-refractivity contribution in [3.05, 3.63) is 58.1 Å². The Labute approximate surface area is 175 Å². The SMILES string of the molecule is CC(=O)c1ccc(SNC(=O)Nc2c3c(cc4c2CCC4)CCC3)cc1.N#CN. The minimum atomic E-state index is -0.194. The van der Waals surface area contributed by atoms with Crippen molar-refractivity contribution in [2.45, 2.75) is 50.3 Å². The quantitative estimate of drug-likeness (QED) is 0.305. The van der Waals surface area contributed by atoms with E-state index in [-0.39, 0.29) is 11.8 Å². The molecule has 0 radical (unpaired) electrons. The number of carbonyl (C=O) groups is 2. The Morgan fingerprint density at radius 2 is 1.59 bits per heavy atom. The number of hydrogen-bond acceptors (Lipinski definition) is 5. The number of urea groups is 1. The van der Waals surface area contributed by atoms with Gasteiger partial charge in [0.2, 0.25) is 0 Å². The van der Waals surface area contributed by atoms with Gasteiger partial charge in [-0.25, -0.2) is 4.79 Å². The molecule has 0 heterocycles. The van der Waals surface area contributed by atoms with Gasteiger partial charge in [0.25, 0.3) is 0 Å². The molecule has 4 N–H and O–H groups in total. The lowest BCUT2D eigenvalue weighted by Crippen LogP contribution is -2.24. The van der Waals surface area contributed by atoms with Crippen LogP contribution in [0, 0.1) is 11.5 Å². The molecule has 2 aliphatic rings. The monoisotopic (exact) mass is 408 g/mol. The summed E-state index contributed by atoms with van der Waals surface area (Å²) in [6, 6.07) is 9.42. The molecule has 2 aliphatic carbocycles. The molecule has 0 saturated carbocycles. The molecular formula is C22H24N4O2S. The average Bonchev–Trinajstić information content (AvgIpc) is 3.36. The van der Waals surface area contributed by atoms with Gasteiger partial charge in [0.1, 0.15) is 0 Å². The topological polar surface area (TPSA) is 108 Å². The molecule has 0 bridgehead atoms. The van der Waals surface area contributed by atoms with Gasteiger partial charge in [-0.3, -0.25) is 9.52 Å². The summed E-state index contributed by atoms with van der Waals surface area (Å²) in [7, 11) is 0. The molecule has 0 atom stereocenters. The van der Waals surface area contributed by atoms with Crippen LogP contribution in [0.15, 0.2) is 35.2 Å². The highest BCUT2D eigenvalue weighted by molar-refractivity contribution is 7.98. The van der Waals surface area contributed by atoms with Crippen molar-refractivity contribution < 1.29 is 9.59 Å². The fourth-order valence-corrected chi connectivity index (χ4v) is 4.50. The highest BCUT2D eigenvalue weighted by Gasteiger charge is 2.24. The summed E-state index contributed by atoms with van der Waals surface area (Å²) >= 11 is 1.26. The number of anilines is 1. The maximum atomic E-state index is 12.5. The van der Waals surface area contributed by atoms with E-state index >= 15 is 0 Å². The molecular weight excluding hydrogens is 384 g/mol. The lowest BCUT2D eigenvalue weighted by atomic mass is 9.99. The molecule has 0 saturated heterocycles. The lowest BCUT2D eigenvalue weighted by molar-refractivity contribution is 0.101. The number of aryl methyl sites for hydroxylation is 2. The molecule has 0 unspecified atom stereocenters. The van der Waals surface area contributed by atoms with Crippen molar-refractivity contribution in [1.82, 2.24) is 4.72 Å². The Kier molecular flexibility index (Phi) is 6.78. The summed E-state index contributed by atoms with van der Waals surface area (Å²) in [5.74, 6) is 0.0408. The van der Waals surface area contributed by atoms with E-state index in [0.29, 0.717) is 5.56 Å². The van der Waals surface area contributed by atoms with Crippen LogP contribution in [-0.2, 0) is 25.7 Å². The summed E-state index contributed by atoms with van der Waals surface area (Å²) < 4.78 is 2.86. The molecule has 6 nitrogen and oxygen atoms in total. The van der Waals surface area contributed by atoms with Crippen LogP contribution in [0.5, 0.6) is 0 Å². The molecule has 2 amide bonds. The number of nitriles is 1. The van der Waals surface area contributed by atoms with Crippen LogP contribution in [0.2, 0.25) is 0 Å². The minimum Gasteiger partial charge on any atom is -0.337 e. The second-order valence-corrected chi connectivity index (χ2v) is 7.98. The van der Waals surface area contributed by atoms with Crippen LogP contribution in [0.1, 0.15) is 52.4 Å². The second kappa shape index (κ2) is 9.48. The smallest absolute Gasteiger partial charge is 0.329 e. The Morgan fingerprint density at radius 3 is 2.10 bits per heavy atom. The van der Waals surface area contributed by atoms with E-state index in [2.05, 4.69) is 21.8 Å². The standard InChI is InChI=1S/C21H22N2O2S.CH2N2/c1-13(24)14-8-10-17(11-9-14)26-23-21(25)22-20-18-6-2-4-15(18)12-16-5-3-7-19(16)20;2-1-3/h8-12H,2-7H2,1H3,(H2,22,23,25);2H2. The Bertz CT molecular complexity index is 932. The molecule has 7 heteroatoms. The first-order valence-electron chi connectivity index (χ1n) is 9.64. The van der Waals surface area contributed by atoms with Crippen LogP contribution >= 0.6 is 11.9 Å². The molecule has 0 spiro atoms. The summed E-state index contributed by atoms with van der Waals surface area (Å²) in [6.45, 7) is 1.55. The molecule has 0 aromatic heterocycles. The van der Waals surface area contributed by atoms with Crippen molar-refractivity contribution in [3.63, 3.8) is 0 Å². The van der Waals surface area contributed by atoms with Crippen LogP contribution in [-0.4, -0.2) is 11.8 Å². The van der Waals surface area contributed by atoms with Crippen molar-refractivity contribution in [1.29, 1.82) is 5.26 Å². The van der Waals surface area contributed by atoms with Gasteiger partial charge in [0, 0.05) is 16.1 Å². The number of ketones is 1. The van der Waals surface area contributed by atoms with Crippen molar-refractivity contribution in [3.8, 4) is 6.19 Å². The van der Waals surface area contributed by atoms with E-state index < -0.39 is 0 Å². The van der Waals surface area contributed by atoms with E-state index in [1.54, 1.807) is 19.1 Å². The van der Waals surface area contributed by atoms with Crippen molar-refractivity contribution in [2.24, 2.45) is 5.73 Å². The summed E-state index contributed by atoms with van der Waals surface area (Å²) in [5, 5.41) is 10.2. The molecule has 29 heavy (non-hydrogen) atoms. The summed E-state index contributed by atoms with van der Waals surface area (Å²) in [6.07, 6.45) is 7.94. The molecule has 0 fully saturated rings. The number of hydrogen-bond donors (Lipinski definition) is 3. The van der Waals surface area contributed by atoms with Gasteiger partial charge < -0.3 is 11.1 Å². The van der Waals surface area contributed by atoms with Gasteiger partial charge in [-0.2, -0.15) is 5.26 Å². The Balaban J connectivity index is 0.000000755. The molecule has 4 rings (SSSR count). The largest absolute Gasteiger partial charge is 0.337 e. The zero-order chi connectivity index (χ0) is 20.8. The number of fused-ring (bicyclic) bond motifs is 2. The maximum Gasteiger partial charge on any atom is 0.329 e. The number of rotatable bonds is 4. The average molecular weight is 409 g/mol. The lowest BCUT2D eigenvalue weighted by Gasteiger charge is -2.16. The predicted molar refractivity (Wildman–Crippen MR) is 115 cm³/mol. The van der Waals surface area contributed by atoms with Gasteiger partial charge >= 0.3 is 6.03 Å². The Morgan fingerprint density at radius 1 is 1.03 bits per heavy atom. The summed E-state index contributed by atoms with van der Waals surface area (Å²) in [5.41, 5.74) is 11.4. The zero-order valence-electron chi connectivity index (χ0n) is 16.4. The van der Waals surface area contributed by atoms with E-state index in [1.165, 1.54) is 53.2 Å². The minimum absolute atomic E-state index is 0.0408.